The molecule has 0 spiro atoms. The summed E-state index contributed by atoms with van der Waals surface area (Å²) in [5, 5.41) is 13.8. The third-order valence-electron chi connectivity index (χ3n) is 2.79. The summed E-state index contributed by atoms with van der Waals surface area (Å²) in [6.45, 7) is 7.17. The molecule has 2 aromatic rings. The second kappa shape index (κ2) is 6.15. The fourth-order valence-corrected chi connectivity index (χ4v) is 2.15. The summed E-state index contributed by atoms with van der Waals surface area (Å²) in [4.78, 5) is 6.32. The summed E-state index contributed by atoms with van der Waals surface area (Å²) in [5.41, 5.74) is 0.414. The number of aromatic nitrogens is 2. The van der Waals surface area contributed by atoms with Crippen molar-refractivity contribution >= 4 is 0 Å². The van der Waals surface area contributed by atoms with Gasteiger partial charge in [-0.3, -0.25) is 4.90 Å². The largest absolute Gasteiger partial charge is 0.389 e. The predicted octanol–water partition coefficient (Wildman–Crippen LogP) is 2.15. The van der Waals surface area contributed by atoms with Crippen LogP contribution in [0.1, 0.15) is 31.1 Å². The quantitative estimate of drug-likeness (QED) is 0.875. The van der Waals surface area contributed by atoms with Crippen LogP contribution in [-0.4, -0.2) is 32.3 Å². The van der Waals surface area contributed by atoms with E-state index in [4.69, 9.17) is 4.52 Å². The Labute approximate surface area is 119 Å². The van der Waals surface area contributed by atoms with Gasteiger partial charge in [-0.15, -0.1) is 0 Å². The molecule has 0 bridgehead atoms. The van der Waals surface area contributed by atoms with Crippen LogP contribution in [0.4, 0.5) is 0 Å². The lowest BCUT2D eigenvalue weighted by molar-refractivity contribution is 0.0273. The SMILES string of the molecule is Cc1noc(CN(Cc2ccccc2)CC(C)(C)O)n1. The molecule has 0 saturated heterocycles. The van der Waals surface area contributed by atoms with Crippen molar-refractivity contribution in [1.82, 2.24) is 15.0 Å². The lowest BCUT2D eigenvalue weighted by atomic mass is 10.1. The third kappa shape index (κ3) is 4.75. The van der Waals surface area contributed by atoms with E-state index < -0.39 is 5.60 Å². The lowest BCUT2D eigenvalue weighted by Gasteiger charge is -2.27. The molecule has 1 heterocycles. The van der Waals surface area contributed by atoms with E-state index in [-0.39, 0.29) is 0 Å². The average Bonchev–Trinajstić information content (AvgIpc) is 2.74. The fraction of sp³-hybridized carbons (Fsp3) is 0.467. The molecule has 108 valence electrons. The number of aliphatic hydroxyl groups is 1. The Morgan fingerprint density at radius 3 is 2.45 bits per heavy atom. The number of hydrogen-bond acceptors (Lipinski definition) is 5. The Morgan fingerprint density at radius 1 is 1.20 bits per heavy atom. The number of hydrogen-bond donors (Lipinski definition) is 1. The van der Waals surface area contributed by atoms with Gasteiger partial charge in [0.15, 0.2) is 5.82 Å². The first-order valence-electron chi connectivity index (χ1n) is 6.70. The van der Waals surface area contributed by atoms with E-state index in [1.54, 1.807) is 20.8 Å². The predicted molar refractivity (Wildman–Crippen MR) is 75.9 cm³/mol. The van der Waals surface area contributed by atoms with Gasteiger partial charge in [-0.2, -0.15) is 4.98 Å². The molecule has 0 aliphatic heterocycles. The molecule has 0 aliphatic carbocycles. The van der Waals surface area contributed by atoms with E-state index in [1.165, 1.54) is 5.56 Å². The van der Waals surface area contributed by atoms with Crippen molar-refractivity contribution in [3.05, 3.63) is 47.6 Å². The molecule has 2 rings (SSSR count). The molecule has 0 saturated carbocycles. The van der Waals surface area contributed by atoms with Crippen LogP contribution in [0.2, 0.25) is 0 Å². The minimum atomic E-state index is -0.774. The van der Waals surface area contributed by atoms with Crippen molar-refractivity contribution in [1.29, 1.82) is 0 Å². The fourth-order valence-electron chi connectivity index (χ4n) is 2.15. The van der Waals surface area contributed by atoms with Crippen LogP contribution < -0.4 is 0 Å². The summed E-state index contributed by atoms with van der Waals surface area (Å²) in [6, 6.07) is 10.1. The first-order chi connectivity index (χ1) is 9.42. The second-order valence-electron chi connectivity index (χ2n) is 5.68. The van der Waals surface area contributed by atoms with Crippen LogP contribution in [0.25, 0.3) is 0 Å². The van der Waals surface area contributed by atoms with Gasteiger partial charge in [0.2, 0.25) is 5.89 Å². The van der Waals surface area contributed by atoms with Gasteiger partial charge >= 0.3 is 0 Å². The van der Waals surface area contributed by atoms with Gasteiger partial charge in [-0.05, 0) is 26.3 Å². The topological polar surface area (TPSA) is 62.4 Å². The van der Waals surface area contributed by atoms with Crippen LogP contribution in [0.5, 0.6) is 0 Å². The Hall–Kier alpha value is -1.72. The summed E-state index contributed by atoms with van der Waals surface area (Å²) in [5.74, 6) is 1.20. The molecule has 0 radical (unpaired) electrons. The molecule has 5 heteroatoms. The molecular weight excluding hydrogens is 254 g/mol. The molecule has 1 N–H and O–H groups in total. The van der Waals surface area contributed by atoms with E-state index in [2.05, 4.69) is 27.2 Å². The van der Waals surface area contributed by atoms with Gasteiger partial charge < -0.3 is 9.63 Å². The smallest absolute Gasteiger partial charge is 0.240 e. The lowest BCUT2D eigenvalue weighted by Crippen LogP contribution is -2.38. The van der Waals surface area contributed by atoms with Gasteiger partial charge in [0.25, 0.3) is 0 Å². The molecule has 0 aliphatic rings. The number of benzene rings is 1. The van der Waals surface area contributed by atoms with E-state index in [1.807, 2.05) is 18.2 Å². The molecular formula is C15H21N3O2. The summed E-state index contributed by atoms with van der Waals surface area (Å²) < 4.78 is 5.16. The van der Waals surface area contributed by atoms with E-state index in [9.17, 15) is 5.11 Å². The minimum Gasteiger partial charge on any atom is -0.389 e. The highest BCUT2D eigenvalue weighted by molar-refractivity contribution is 5.14. The highest BCUT2D eigenvalue weighted by atomic mass is 16.5. The molecule has 20 heavy (non-hydrogen) atoms. The molecule has 1 aromatic carbocycles. The van der Waals surface area contributed by atoms with Crippen molar-refractivity contribution in [3.63, 3.8) is 0 Å². The zero-order valence-corrected chi connectivity index (χ0v) is 12.2. The van der Waals surface area contributed by atoms with Crippen LogP contribution >= 0.6 is 0 Å². The zero-order chi connectivity index (χ0) is 14.6. The van der Waals surface area contributed by atoms with Crippen molar-refractivity contribution in [2.24, 2.45) is 0 Å². The van der Waals surface area contributed by atoms with Crippen molar-refractivity contribution in [2.75, 3.05) is 6.54 Å². The Kier molecular flexibility index (Phi) is 4.52. The van der Waals surface area contributed by atoms with E-state index in [0.717, 1.165) is 6.54 Å². The van der Waals surface area contributed by atoms with Gasteiger partial charge in [0.05, 0.1) is 12.1 Å². The van der Waals surface area contributed by atoms with Crippen molar-refractivity contribution in [2.45, 2.75) is 39.5 Å². The minimum absolute atomic E-state index is 0.528. The maximum Gasteiger partial charge on any atom is 0.240 e. The van der Waals surface area contributed by atoms with Crippen LogP contribution in [0.15, 0.2) is 34.9 Å². The molecule has 0 unspecified atom stereocenters. The number of rotatable bonds is 6. The van der Waals surface area contributed by atoms with E-state index >= 15 is 0 Å². The first-order valence-corrected chi connectivity index (χ1v) is 6.70. The van der Waals surface area contributed by atoms with Crippen LogP contribution in [0, 0.1) is 6.92 Å². The Morgan fingerprint density at radius 2 is 1.90 bits per heavy atom. The Bertz CT molecular complexity index is 532. The van der Waals surface area contributed by atoms with Gasteiger partial charge in [-0.1, -0.05) is 35.5 Å². The molecule has 5 nitrogen and oxygen atoms in total. The normalized spacial score (nSPS) is 12.1. The van der Waals surface area contributed by atoms with Gasteiger partial charge in [0.1, 0.15) is 0 Å². The summed E-state index contributed by atoms with van der Waals surface area (Å²) >= 11 is 0. The summed E-state index contributed by atoms with van der Waals surface area (Å²) in [6.07, 6.45) is 0. The highest BCUT2D eigenvalue weighted by Gasteiger charge is 2.20. The first kappa shape index (κ1) is 14.7. The molecule has 0 fully saturated rings. The maximum absolute atomic E-state index is 10.0. The molecule has 0 amide bonds. The average molecular weight is 275 g/mol. The van der Waals surface area contributed by atoms with Gasteiger partial charge in [0, 0.05) is 13.1 Å². The highest BCUT2D eigenvalue weighted by Crippen LogP contribution is 2.13. The molecule has 0 atom stereocenters. The van der Waals surface area contributed by atoms with Gasteiger partial charge in [-0.25, -0.2) is 0 Å². The molecule has 1 aromatic heterocycles. The standard InChI is InChI=1S/C15H21N3O2/c1-12-16-14(20-17-12)10-18(11-15(2,3)19)9-13-7-5-4-6-8-13/h4-8,19H,9-11H2,1-3H3. The maximum atomic E-state index is 10.0. The monoisotopic (exact) mass is 275 g/mol. The third-order valence-corrected chi connectivity index (χ3v) is 2.79. The second-order valence-corrected chi connectivity index (χ2v) is 5.68. The zero-order valence-electron chi connectivity index (χ0n) is 12.2. The van der Waals surface area contributed by atoms with Crippen molar-refractivity contribution < 1.29 is 9.63 Å². The number of aryl methyl sites for hydroxylation is 1. The summed E-state index contributed by atoms with van der Waals surface area (Å²) in [7, 11) is 0. The van der Waals surface area contributed by atoms with Crippen LogP contribution in [-0.2, 0) is 13.1 Å². The van der Waals surface area contributed by atoms with Crippen molar-refractivity contribution in [3.8, 4) is 0 Å². The number of nitrogens with zero attached hydrogens (tertiary/aromatic N) is 3. The van der Waals surface area contributed by atoms with E-state index in [0.29, 0.717) is 24.8 Å². The van der Waals surface area contributed by atoms with Crippen LogP contribution in [0.3, 0.4) is 0 Å². The Balaban J connectivity index is 2.08.